The molecule has 1 fully saturated rings. The van der Waals surface area contributed by atoms with Gasteiger partial charge in [-0.1, -0.05) is 60.7 Å². The highest BCUT2D eigenvalue weighted by Crippen LogP contribution is 2.28. The molecular formula is C20H25N2O2+. The molecule has 3 rings (SSSR count). The summed E-state index contributed by atoms with van der Waals surface area (Å²) in [6.07, 6.45) is 1.59. The molecule has 1 heterocycles. The molecule has 0 radical (unpaired) electrons. The third-order valence-corrected chi connectivity index (χ3v) is 5.10. The van der Waals surface area contributed by atoms with Crippen LogP contribution in [0.25, 0.3) is 0 Å². The lowest BCUT2D eigenvalue weighted by atomic mass is 9.85. The Kier molecular flexibility index (Phi) is 4.97. The number of likely N-dealkylation sites (tertiary alicyclic amines) is 1. The van der Waals surface area contributed by atoms with Crippen LogP contribution in [-0.2, 0) is 10.4 Å². The van der Waals surface area contributed by atoms with Crippen LogP contribution in [0.1, 0.15) is 24.0 Å². The Hall–Kier alpha value is -2.17. The van der Waals surface area contributed by atoms with Gasteiger partial charge >= 0.3 is 0 Å². The molecule has 4 N–H and O–H groups in total. The fourth-order valence-electron chi connectivity index (χ4n) is 3.65. The van der Waals surface area contributed by atoms with E-state index in [1.165, 1.54) is 4.90 Å². The number of amides is 1. The molecule has 2 aromatic carbocycles. The van der Waals surface area contributed by atoms with E-state index >= 15 is 0 Å². The van der Waals surface area contributed by atoms with Crippen LogP contribution in [-0.4, -0.2) is 30.6 Å². The summed E-state index contributed by atoms with van der Waals surface area (Å²) in [4.78, 5) is 12.7. The van der Waals surface area contributed by atoms with Gasteiger partial charge in [0.1, 0.15) is 6.54 Å². The maximum absolute atomic E-state index is 11.6. The molecule has 2 aromatic rings. The van der Waals surface area contributed by atoms with Crippen molar-refractivity contribution in [2.45, 2.75) is 18.4 Å². The first-order chi connectivity index (χ1) is 11.6. The Morgan fingerprint density at radius 2 is 1.46 bits per heavy atom. The normalized spacial score (nSPS) is 21.4. The van der Waals surface area contributed by atoms with Gasteiger partial charge in [0.2, 0.25) is 5.91 Å². The minimum atomic E-state index is -1.03. The summed E-state index contributed by atoms with van der Waals surface area (Å²) in [5.74, 6) is -0.217. The van der Waals surface area contributed by atoms with Gasteiger partial charge in [-0.25, -0.2) is 0 Å². The zero-order chi connectivity index (χ0) is 17.0. The van der Waals surface area contributed by atoms with Crippen molar-refractivity contribution in [3.05, 3.63) is 71.8 Å². The molecular weight excluding hydrogens is 300 g/mol. The summed E-state index contributed by atoms with van der Waals surface area (Å²) in [6, 6.07) is 19.6. The summed E-state index contributed by atoms with van der Waals surface area (Å²) < 4.78 is 0. The Balaban J connectivity index is 1.83. The van der Waals surface area contributed by atoms with E-state index in [2.05, 4.69) is 0 Å². The first kappa shape index (κ1) is 16.7. The van der Waals surface area contributed by atoms with Crippen LogP contribution < -0.4 is 10.6 Å². The quantitative estimate of drug-likeness (QED) is 0.758. The summed E-state index contributed by atoms with van der Waals surface area (Å²) in [7, 11) is 0. The molecule has 1 aliphatic rings. The summed E-state index contributed by atoms with van der Waals surface area (Å²) in [6.45, 7) is 2.30. The number of aliphatic hydroxyl groups is 1. The van der Waals surface area contributed by atoms with Gasteiger partial charge in [0.25, 0.3) is 0 Å². The molecule has 0 aliphatic carbocycles. The third kappa shape index (κ3) is 3.50. The molecule has 0 spiro atoms. The standard InChI is InChI=1S/C20H24N2O2/c21-19(23)16-11-13-22(14-12-16)15-20(24,17-7-3-1-4-8-17)18-9-5-2-6-10-18/h1-10,16,24H,11-15H2,(H2,21,23)/p+1. The van der Waals surface area contributed by atoms with Crippen molar-refractivity contribution < 1.29 is 14.8 Å². The van der Waals surface area contributed by atoms with Gasteiger partial charge in [0.05, 0.1) is 13.1 Å². The van der Waals surface area contributed by atoms with Crippen LogP contribution in [0.4, 0.5) is 0 Å². The Morgan fingerprint density at radius 1 is 1.00 bits per heavy atom. The van der Waals surface area contributed by atoms with Crippen molar-refractivity contribution >= 4 is 5.91 Å². The average Bonchev–Trinajstić information content (AvgIpc) is 2.63. The van der Waals surface area contributed by atoms with Gasteiger partial charge < -0.3 is 15.7 Å². The van der Waals surface area contributed by atoms with Crippen molar-refractivity contribution in [2.24, 2.45) is 11.7 Å². The van der Waals surface area contributed by atoms with E-state index in [0.29, 0.717) is 6.54 Å². The number of hydrogen-bond donors (Lipinski definition) is 3. The van der Waals surface area contributed by atoms with E-state index in [-0.39, 0.29) is 11.8 Å². The van der Waals surface area contributed by atoms with E-state index in [1.807, 2.05) is 60.7 Å². The molecule has 1 aliphatic heterocycles. The van der Waals surface area contributed by atoms with Crippen molar-refractivity contribution in [2.75, 3.05) is 19.6 Å². The molecule has 1 amide bonds. The molecule has 0 atom stereocenters. The molecule has 0 saturated carbocycles. The van der Waals surface area contributed by atoms with Gasteiger partial charge in [-0.15, -0.1) is 0 Å². The van der Waals surface area contributed by atoms with Crippen molar-refractivity contribution in [1.82, 2.24) is 0 Å². The summed E-state index contributed by atoms with van der Waals surface area (Å²) >= 11 is 0. The molecule has 1 saturated heterocycles. The summed E-state index contributed by atoms with van der Waals surface area (Å²) in [5, 5.41) is 11.6. The lowest BCUT2D eigenvalue weighted by Crippen LogP contribution is -3.14. The first-order valence-corrected chi connectivity index (χ1v) is 8.56. The van der Waals surface area contributed by atoms with Crippen LogP contribution in [0.2, 0.25) is 0 Å². The minimum absolute atomic E-state index is 0.0182. The van der Waals surface area contributed by atoms with Crippen LogP contribution >= 0.6 is 0 Å². The number of nitrogens with one attached hydrogen (secondary N) is 1. The van der Waals surface area contributed by atoms with Crippen molar-refractivity contribution in [3.8, 4) is 0 Å². The van der Waals surface area contributed by atoms with E-state index in [0.717, 1.165) is 37.1 Å². The molecule has 4 heteroatoms. The fourth-order valence-corrected chi connectivity index (χ4v) is 3.65. The van der Waals surface area contributed by atoms with Crippen LogP contribution in [0, 0.1) is 5.92 Å². The Labute approximate surface area is 142 Å². The average molecular weight is 325 g/mol. The zero-order valence-corrected chi connectivity index (χ0v) is 13.8. The SMILES string of the molecule is NC(=O)C1CC[NH+](CC(O)(c2ccccc2)c2ccccc2)CC1. The molecule has 0 bridgehead atoms. The highest BCUT2D eigenvalue weighted by Gasteiger charge is 2.38. The monoisotopic (exact) mass is 325 g/mol. The third-order valence-electron chi connectivity index (χ3n) is 5.10. The fraction of sp³-hybridized carbons (Fsp3) is 0.350. The maximum Gasteiger partial charge on any atom is 0.220 e. The topological polar surface area (TPSA) is 67.8 Å². The predicted molar refractivity (Wildman–Crippen MR) is 93.4 cm³/mol. The van der Waals surface area contributed by atoms with Crippen LogP contribution in [0.5, 0.6) is 0 Å². The maximum atomic E-state index is 11.6. The first-order valence-electron chi connectivity index (χ1n) is 8.56. The minimum Gasteiger partial charge on any atom is -0.375 e. The number of quaternary nitrogens is 1. The molecule has 4 nitrogen and oxygen atoms in total. The number of carbonyl (C=O) groups is 1. The van der Waals surface area contributed by atoms with Gasteiger partial charge in [-0.05, 0) is 11.1 Å². The largest absolute Gasteiger partial charge is 0.375 e. The molecule has 0 aromatic heterocycles. The van der Waals surface area contributed by atoms with Crippen LogP contribution in [0.15, 0.2) is 60.7 Å². The van der Waals surface area contributed by atoms with E-state index in [1.54, 1.807) is 0 Å². The van der Waals surface area contributed by atoms with E-state index in [9.17, 15) is 9.90 Å². The van der Waals surface area contributed by atoms with Crippen molar-refractivity contribution in [1.29, 1.82) is 0 Å². The Bertz CT molecular complexity index is 625. The highest BCUT2D eigenvalue weighted by atomic mass is 16.3. The number of piperidine rings is 1. The lowest BCUT2D eigenvalue weighted by Gasteiger charge is -2.35. The van der Waals surface area contributed by atoms with Gasteiger partial charge in [-0.2, -0.15) is 0 Å². The second-order valence-corrected chi connectivity index (χ2v) is 6.70. The predicted octanol–water partition coefficient (Wildman–Crippen LogP) is 0.703. The molecule has 24 heavy (non-hydrogen) atoms. The van der Waals surface area contributed by atoms with Crippen LogP contribution in [0.3, 0.4) is 0 Å². The van der Waals surface area contributed by atoms with Gasteiger partial charge in [0.15, 0.2) is 5.60 Å². The second-order valence-electron chi connectivity index (χ2n) is 6.70. The zero-order valence-electron chi connectivity index (χ0n) is 13.8. The molecule has 0 unspecified atom stereocenters. The van der Waals surface area contributed by atoms with Gasteiger partial charge in [-0.3, -0.25) is 4.79 Å². The lowest BCUT2D eigenvalue weighted by molar-refractivity contribution is -0.912. The Morgan fingerprint density at radius 3 is 1.88 bits per heavy atom. The smallest absolute Gasteiger partial charge is 0.220 e. The number of rotatable bonds is 5. The second kappa shape index (κ2) is 7.16. The van der Waals surface area contributed by atoms with Gasteiger partial charge in [0, 0.05) is 18.8 Å². The van der Waals surface area contributed by atoms with E-state index in [4.69, 9.17) is 5.73 Å². The number of hydrogen-bond acceptors (Lipinski definition) is 2. The number of carbonyl (C=O) groups excluding carboxylic acids is 1. The number of primary amides is 1. The number of nitrogens with two attached hydrogens (primary N) is 1. The summed E-state index contributed by atoms with van der Waals surface area (Å²) in [5.41, 5.74) is 6.20. The van der Waals surface area contributed by atoms with Crippen molar-refractivity contribution in [3.63, 3.8) is 0 Å². The van der Waals surface area contributed by atoms with E-state index < -0.39 is 5.60 Å². The molecule has 126 valence electrons. The highest BCUT2D eigenvalue weighted by molar-refractivity contribution is 5.76. The number of benzene rings is 2.